The summed E-state index contributed by atoms with van der Waals surface area (Å²) in [6.07, 6.45) is 0.575. The van der Waals surface area contributed by atoms with Crippen molar-refractivity contribution in [1.82, 2.24) is 10.3 Å². The van der Waals surface area contributed by atoms with Crippen molar-refractivity contribution in [1.29, 1.82) is 0 Å². The molecule has 4 N–H and O–H groups in total. The third-order valence-electron chi connectivity index (χ3n) is 8.06. The number of carbonyl (C=O) groups is 2. The Hall–Kier alpha value is -5.31. The van der Waals surface area contributed by atoms with Crippen molar-refractivity contribution in [3.63, 3.8) is 0 Å². The molecule has 9 heteroatoms. The van der Waals surface area contributed by atoms with Crippen molar-refractivity contribution >= 4 is 28.6 Å². The fourth-order valence-corrected chi connectivity index (χ4v) is 5.82. The maximum absolute atomic E-state index is 14.5. The molecule has 1 aliphatic heterocycles. The lowest BCUT2D eigenvalue weighted by atomic mass is 9.99. The molecule has 0 aliphatic carbocycles. The molecule has 0 bridgehead atoms. The molecule has 4 aromatic carbocycles. The van der Waals surface area contributed by atoms with E-state index in [9.17, 15) is 14.0 Å². The summed E-state index contributed by atoms with van der Waals surface area (Å²) >= 11 is 0. The molecular formula is C35H33FN4O4. The highest BCUT2D eigenvalue weighted by atomic mass is 19.1. The molecular weight excluding hydrogens is 559 g/mol. The van der Waals surface area contributed by atoms with E-state index in [2.05, 4.69) is 27.3 Å². The zero-order valence-electron chi connectivity index (χ0n) is 24.3. The minimum absolute atomic E-state index is 0.144. The molecule has 5 aromatic rings. The smallest absolute Gasteiger partial charge is 0.404 e. The Balaban J connectivity index is 1.23. The van der Waals surface area contributed by atoms with Gasteiger partial charge in [-0.1, -0.05) is 42.5 Å². The summed E-state index contributed by atoms with van der Waals surface area (Å²) in [4.78, 5) is 30.4. The van der Waals surface area contributed by atoms with Crippen LogP contribution < -0.4 is 20.7 Å². The van der Waals surface area contributed by atoms with Gasteiger partial charge < -0.3 is 30.4 Å². The summed E-state index contributed by atoms with van der Waals surface area (Å²) in [6.45, 7) is 1.53. The number of carbonyl (C=O) groups excluding carboxylic acids is 2. The molecule has 2 heterocycles. The highest BCUT2D eigenvalue weighted by molar-refractivity contribution is 5.96. The van der Waals surface area contributed by atoms with Gasteiger partial charge in [0.05, 0.1) is 13.2 Å². The summed E-state index contributed by atoms with van der Waals surface area (Å²) in [7, 11) is 1.52. The first-order chi connectivity index (χ1) is 21.4. The number of nitrogens with two attached hydrogens (primary N) is 1. The fraction of sp³-hybridized carbons (Fsp3) is 0.200. The Morgan fingerprint density at radius 2 is 1.70 bits per heavy atom. The summed E-state index contributed by atoms with van der Waals surface area (Å²) in [5.41, 5.74) is 10.7. The molecule has 44 heavy (non-hydrogen) atoms. The number of hydrogen-bond donors (Lipinski definition) is 3. The van der Waals surface area contributed by atoms with Gasteiger partial charge in [0.2, 0.25) is 0 Å². The Morgan fingerprint density at radius 3 is 2.43 bits per heavy atom. The van der Waals surface area contributed by atoms with Crippen LogP contribution in [0.15, 0.2) is 97.1 Å². The maximum Gasteiger partial charge on any atom is 0.404 e. The van der Waals surface area contributed by atoms with Gasteiger partial charge in [0.25, 0.3) is 5.91 Å². The van der Waals surface area contributed by atoms with E-state index in [0.717, 1.165) is 53.6 Å². The number of benzene rings is 4. The van der Waals surface area contributed by atoms with E-state index in [4.69, 9.17) is 15.2 Å². The second kappa shape index (κ2) is 12.5. The standard InChI is InChI=1S/C35H33FN4O4/c1-43-32-14-11-26(36)21-29(32)33(31-20-24-5-2-3-8-30(24)38-31)39-34(41)25-7-4-6-23(19-25)22-9-12-27(13-10-22)40-17-15-28(16-18-40)44-35(37)42/h2-14,19-21,28,33,38H,15-18H2,1H3,(H2,37,42)(H,39,41). The van der Waals surface area contributed by atoms with Gasteiger partial charge in [-0.3, -0.25) is 4.79 Å². The van der Waals surface area contributed by atoms with Gasteiger partial charge in [0.1, 0.15) is 17.7 Å². The first kappa shape index (κ1) is 28.8. The van der Waals surface area contributed by atoms with E-state index in [-0.39, 0.29) is 12.0 Å². The van der Waals surface area contributed by atoms with Crippen molar-refractivity contribution in [3.05, 3.63) is 120 Å². The fourth-order valence-electron chi connectivity index (χ4n) is 5.82. The van der Waals surface area contributed by atoms with Crippen molar-refractivity contribution in [2.24, 2.45) is 5.73 Å². The Kier molecular flexibility index (Phi) is 8.18. The molecule has 0 spiro atoms. The van der Waals surface area contributed by atoms with E-state index >= 15 is 0 Å². The Labute approximate surface area is 254 Å². The quantitative estimate of drug-likeness (QED) is 0.189. The summed E-state index contributed by atoms with van der Waals surface area (Å²) in [5, 5.41) is 4.09. The number of H-pyrrole nitrogens is 1. The lowest BCUT2D eigenvalue weighted by Crippen LogP contribution is -2.38. The van der Waals surface area contributed by atoms with Crippen LogP contribution in [0.3, 0.4) is 0 Å². The molecule has 8 nitrogen and oxygen atoms in total. The number of nitrogens with one attached hydrogen (secondary N) is 2. The molecule has 1 aliphatic rings. The van der Waals surface area contributed by atoms with Gasteiger partial charge in [-0.05, 0) is 71.1 Å². The second-order valence-electron chi connectivity index (χ2n) is 10.9. The number of hydrogen-bond acceptors (Lipinski definition) is 5. The largest absolute Gasteiger partial charge is 0.496 e. The van der Waals surface area contributed by atoms with Crippen LogP contribution in [0.25, 0.3) is 22.0 Å². The number of amides is 2. The molecule has 0 radical (unpaired) electrons. The van der Waals surface area contributed by atoms with Crippen LogP contribution in [0.5, 0.6) is 5.75 Å². The number of aromatic amines is 1. The van der Waals surface area contributed by atoms with E-state index in [1.807, 2.05) is 60.7 Å². The van der Waals surface area contributed by atoms with E-state index in [0.29, 0.717) is 22.6 Å². The summed E-state index contributed by atoms with van der Waals surface area (Å²) in [5.74, 6) is -0.265. The Bertz CT molecular complexity index is 1760. The molecule has 2 amide bonds. The van der Waals surface area contributed by atoms with Crippen molar-refractivity contribution in [2.45, 2.75) is 25.0 Å². The van der Waals surface area contributed by atoms with E-state index in [1.54, 1.807) is 12.1 Å². The second-order valence-corrected chi connectivity index (χ2v) is 10.9. The highest BCUT2D eigenvalue weighted by Gasteiger charge is 2.25. The van der Waals surface area contributed by atoms with Gasteiger partial charge in [0.15, 0.2) is 0 Å². The molecule has 1 atom stereocenters. The summed E-state index contributed by atoms with van der Waals surface area (Å²) < 4.78 is 25.2. The van der Waals surface area contributed by atoms with Crippen molar-refractivity contribution in [3.8, 4) is 16.9 Å². The topological polar surface area (TPSA) is 110 Å². The lowest BCUT2D eigenvalue weighted by Gasteiger charge is -2.33. The van der Waals surface area contributed by atoms with Gasteiger partial charge in [-0.2, -0.15) is 0 Å². The molecule has 224 valence electrons. The average molecular weight is 593 g/mol. The molecule has 1 unspecified atom stereocenters. The number of aromatic nitrogens is 1. The number of primary amides is 1. The number of piperidine rings is 1. The number of ether oxygens (including phenoxy) is 2. The van der Waals surface area contributed by atoms with E-state index < -0.39 is 18.0 Å². The molecule has 6 rings (SSSR count). The predicted octanol–water partition coefficient (Wildman–Crippen LogP) is 6.57. The zero-order chi connectivity index (χ0) is 30.6. The summed E-state index contributed by atoms with van der Waals surface area (Å²) in [6, 6.07) is 28.9. The van der Waals surface area contributed by atoms with Crippen molar-refractivity contribution < 1.29 is 23.5 Å². The predicted molar refractivity (Wildman–Crippen MR) is 168 cm³/mol. The maximum atomic E-state index is 14.5. The van der Waals surface area contributed by atoms with Crippen LogP contribution in [0.4, 0.5) is 14.9 Å². The minimum atomic E-state index is -0.731. The van der Waals surface area contributed by atoms with Crippen LogP contribution in [-0.2, 0) is 4.74 Å². The number of fused-ring (bicyclic) bond motifs is 1. The number of anilines is 1. The SMILES string of the molecule is COc1ccc(F)cc1C(NC(=O)c1cccc(-c2ccc(N3CCC(OC(N)=O)CC3)cc2)c1)c1cc2ccccc2[nH]1. The van der Waals surface area contributed by atoms with Gasteiger partial charge in [-0.25, -0.2) is 9.18 Å². The van der Waals surface area contributed by atoms with Crippen LogP contribution >= 0.6 is 0 Å². The van der Waals surface area contributed by atoms with Gasteiger partial charge in [0, 0.05) is 54.0 Å². The number of methoxy groups -OCH3 is 1. The van der Waals surface area contributed by atoms with Crippen LogP contribution in [0.1, 0.15) is 40.5 Å². The third-order valence-corrected chi connectivity index (χ3v) is 8.06. The van der Waals surface area contributed by atoms with Gasteiger partial charge in [-0.15, -0.1) is 0 Å². The minimum Gasteiger partial charge on any atom is -0.496 e. The average Bonchev–Trinajstić information content (AvgIpc) is 3.48. The molecule has 0 saturated carbocycles. The monoisotopic (exact) mass is 592 g/mol. The number of para-hydroxylation sites is 1. The van der Waals surface area contributed by atoms with Gasteiger partial charge >= 0.3 is 6.09 Å². The normalized spacial score (nSPS) is 14.3. The number of halogens is 1. The third kappa shape index (κ3) is 6.22. The number of rotatable bonds is 8. The molecule has 1 saturated heterocycles. The lowest BCUT2D eigenvalue weighted by molar-refractivity contribution is 0.0910. The Morgan fingerprint density at radius 1 is 0.932 bits per heavy atom. The van der Waals surface area contributed by atoms with Crippen LogP contribution in [0.2, 0.25) is 0 Å². The van der Waals surface area contributed by atoms with E-state index in [1.165, 1.54) is 19.2 Å². The van der Waals surface area contributed by atoms with Crippen molar-refractivity contribution in [2.75, 3.05) is 25.1 Å². The highest BCUT2D eigenvalue weighted by Crippen LogP contribution is 2.33. The van der Waals surface area contributed by atoms with Crippen LogP contribution in [0, 0.1) is 5.82 Å². The zero-order valence-corrected chi connectivity index (χ0v) is 24.3. The molecule has 1 fully saturated rings. The number of nitrogens with zero attached hydrogens (tertiary/aromatic N) is 1. The molecule has 1 aromatic heterocycles. The first-order valence-electron chi connectivity index (χ1n) is 14.5. The van der Waals surface area contributed by atoms with Crippen LogP contribution in [-0.4, -0.2) is 43.3 Å². The first-order valence-corrected chi connectivity index (χ1v) is 14.5.